The number of anilines is 1. The summed E-state index contributed by atoms with van der Waals surface area (Å²) in [4.78, 5) is 24.3. The van der Waals surface area contributed by atoms with E-state index in [1.54, 1.807) is 23.2 Å². The molecule has 0 aliphatic carbocycles. The van der Waals surface area contributed by atoms with Crippen LogP contribution in [-0.2, 0) is 6.54 Å². The molecular formula is C18H11BrClN3OS2. The van der Waals surface area contributed by atoms with E-state index in [4.69, 9.17) is 11.6 Å². The first kappa shape index (κ1) is 17.6. The first-order valence-electron chi connectivity index (χ1n) is 7.63. The van der Waals surface area contributed by atoms with E-state index in [2.05, 4.69) is 25.9 Å². The molecule has 0 aliphatic rings. The van der Waals surface area contributed by atoms with Gasteiger partial charge in [-0.05, 0) is 42.5 Å². The number of fused-ring (bicyclic) bond motifs is 1. The molecule has 0 unspecified atom stereocenters. The van der Waals surface area contributed by atoms with E-state index in [9.17, 15) is 4.79 Å². The van der Waals surface area contributed by atoms with Crippen LogP contribution in [0.1, 0.15) is 15.4 Å². The fraction of sp³-hybridized carbons (Fsp3) is 0.0556. The second-order valence-corrected chi connectivity index (χ2v) is 9.06. The standard InChI is InChI=1S/C18H11BrClN3OS2/c19-11-4-5-13-15(9-11)26-18(22-13)23(10-12-3-1-2-8-21-12)17(24)14-6-7-16(20)25-14/h1-9H,10H2. The lowest BCUT2D eigenvalue weighted by molar-refractivity contribution is 0.0988. The van der Waals surface area contributed by atoms with E-state index < -0.39 is 0 Å². The molecule has 0 fully saturated rings. The molecule has 1 amide bonds. The van der Waals surface area contributed by atoms with Crippen LogP contribution in [-0.4, -0.2) is 15.9 Å². The quantitative estimate of drug-likeness (QED) is 0.371. The molecule has 0 radical (unpaired) electrons. The molecule has 0 atom stereocenters. The zero-order valence-corrected chi connectivity index (χ0v) is 17.2. The van der Waals surface area contributed by atoms with Crippen LogP contribution in [0.5, 0.6) is 0 Å². The summed E-state index contributed by atoms with van der Waals surface area (Å²) in [7, 11) is 0. The average Bonchev–Trinajstić information content (AvgIpc) is 3.25. The first-order valence-corrected chi connectivity index (χ1v) is 10.4. The van der Waals surface area contributed by atoms with Crippen molar-refractivity contribution in [2.45, 2.75) is 6.54 Å². The number of rotatable bonds is 4. The van der Waals surface area contributed by atoms with Crippen molar-refractivity contribution in [3.63, 3.8) is 0 Å². The smallest absolute Gasteiger partial charge is 0.270 e. The molecule has 0 aliphatic heterocycles. The van der Waals surface area contributed by atoms with Gasteiger partial charge < -0.3 is 0 Å². The minimum Gasteiger partial charge on any atom is -0.277 e. The van der Waals surface area contributed by atoms with Gasteiger partial charge in [-0.1, -0.05) is 44.9 Å². The number of halogens is 2. The van der Waals surface area contributed by atoms with E-state index in [-0.39, 0.29) is 5.91 Å². The van der Waals surface area contributed by atoms with E-state index in [1.165, 1.54) is 22.7 Å². The average molecular weight is 465 g/mol. The molecule has 4 rings (SSSR count). The largest absolute Gasteiger partial charge is 0.277 e. The van der Waals surface area contributed by atoms with Crippen LogP contribution in [0.4, 0.5) is 5.13 Å². The molecule has 8 heteroatoms. The van der Waals surface area contributed by atoms with Gasteiger partial charge in [0.1, 0.15) is 0 Å². The van der Waals surface area contributed by atoms with Crippen molar-refractivity contribution in [3.8, 4) is 0 Å². The molecule has 26 heavy (non-hydrogen) atoms. The summed E-state index contributed by atoms with van der Waals surface area (Å²) in [6.07, 6.45) is 1.72. The van der Waals surface area contributed by atoms with Gasteiger partial charge in [-0.3, -0.25) is 14.7 Å². The lowest BCUT2D eigenvalue weighted by atomic mass is 10.3. The van der Waals surface area contributed by atoms with E-state index in [0.717, 1.165) is 20.4 Å². The van der Waals surface area contributed by atoms with Crippen molar-refractivity contribution in [1.29, 1.82) is 0 Å². The number of aromatic nitrogens is 2. The number of thiophene rings is 1. The number of carbonyl (C=O) groups is 1. The lowest BCUT2D eigenvalue weighted by Gasteiger charge is -2.18. The summed E-state index contributed by atoms with van der Waals surface area (Å²) in [6, 6.07) is 15.0. The fourth-order valence-corrected chi connectivity index (χ4v) is 4.95. The summed E-state index contributed by atoms with van der Waals surface area (Å²) in [6.45, 7) is 0.343. The second-order valence-electron chi connectivity index (χ2n) is 5.42. The third-order valence-electron chi connectivity index (χ3n) is 3.65. The highest BCUT2D eigenvalue weighted by Gasteiger charge is 2.23. The van der Waals surface area contributed by atoms with Crippen molar-refractivity contribution < 1.29 is 4.79 Å². The summed E-state index contributed by atoms with van der Waals surface area (Å²) in [5.74, 6) is -0.134. The fourth-order valence-electron chi connectivity index (χ4n) is 2.44. The Morgan fingerprint density at radius 2 is 2.04 bits per heavy atom. The van der Waals surface area contributed by atoms with Gasteiger partial charge in [-0.25, -0.2) is 4.98 Å². The van der Waals surface area contributed by atoms with Gasteiger partial charge in [0.25, 0.3) is 5.91 Å². The second kappa shape index (κ2) is 7.44. The zero-order chi connectivity index (χ0) is 18.1. The van der Waals surface area contributed by atoms with Gasteiger partial charge in [0.15, 0.2) is 5.13 Å². The van der Waals surface area contributed by atoms with Crippen LogP contribution in [0.25, 0.3) is 10.2 Å². The number of benzene rings is 1. The van der Waals surface area contributed by atoms with Gasteiger partial charge in [0.2, 0.25) is 0 Å². The maximum absolute atomic E-state index is 13.1. The number of nitrogens with zero attached hydrogens (tertiary/aromatic N) is 3. The predicted octanol–water partition coefficient (Wildman–Crippen LogP) is 6.02. The van der Waals surface area contributed by atoms with Crippen molar-refractivity contribution >= 4 is 71.5 Å². The van der Waals surface area contributed by atoms with Crippen molar-refractivity contribution in [2.24, 2.45) is 0 Å². The number of thiazole rings is 1. The summed E-state index contributed by atoms with van der Waals surface area (Å²) < 4.78 is 2.57. The van der Waals surface area contributed by atoms with Crippen molar-refractivity contribution in [3.05, 3.63) is 74.1 Å². The monoisotopic (exact) mass is 463 g/mol. The molecule has 1 aromatic carbocycles. The molecule has 0 saturated heterocycles. The van der Waals surface area contributed by atoms with Crippen LogP contribution in [0, 0.1) is 0 Å². The highest BCUT2D eigenvalue weighted by molar-refractivity contribution is 9.10. The number of pyridine rings is 1. The Bertz CT molecular complexity index is 1080. The molecule has 0 bridgehead atoms. The highest BCUT2D eigenvalue weighted by Crippen LogP contribution is 2.33. The molecule has 0 spiro atoms. The Morgan fingerprint density at radius 1 is 1.15 bits per heavy atom. The maximum atomic E-state index is 13.1. The Kier molecular flexibility index (Phi) is 5.04. The number of carbonyl (C=O) groups excluding carboxylic acids is 1. The topological polar surface area (TPSA) is 46.1 Å². The molecule has 4 aromatic rings. The van der Waals surface area contributed by atoms with Gasteiger partial charge in [-0.2, -0.15) is 0 Å². The van der Waals surface area contributed by atoms with Gasteiger partial charge in [0, 0.05) is 10.7 Å². The normalized spacial score (nSPS) is 11.0. The van der Waals surface area contributed by atoms with E-state index >= 15 is 0 Å². The molecule has 0 saturated carbocycles. The molecular weight excluding hydrogens is 454 g/mol. The van der Waals surface area contributed by atoms with E-state index in [0.29, 0.717) is 20.9 Å². The van der Waals surface area contributed by atoms with Gasteiger partial charge >= 0.3 is 0 Å². The summed E-state index contributed by atoms with van der Waals surface area (Å²) in [5, 5.41) is 0.637. The Labute approximate surface area is 171 Å². The van der Waals surface area contributed by atoms with Gasteiger partial charge in [0.05, 0.1) is 31.7 Å². The highest BCUT2D eigenvalue weighted by atomic mass is 79.9. The first-order chi connectivity index (χ1) is 12.6. The molecule has 0 N–H and O–H groups in total. The third kappa shape index (κ3) is 3.66. The predicted molar refractivity (Wildman–Crippen MR) is 111 cm³/mol. The van der Waals surface area contributed by atoms with Crippen LogP contribution in [0.3, 0.4) is 0 Å². The molecule has 4 nitrogen and oxygen atoms in total. The number of hydrogen-bond acceptors (Lipinski definition) is 5. The van der Waals surface area contributed by atoms with Crippen LogP contribution in [0.2, 0.25) is 4.34 Å². The molecule has 130 valence electrons. The number of amides is 1. The lowest BCUT2D eigenvalue weighted by Crippen LogP contribution is -2.30. The minimum absolute atomic E-state index is 0.134. The van der Waals surface area contributed by atoms with Crippen LogP contribution >= 0.6 is 50.2 Å². The van der Waals surface area contributed by atoms with Crippen LogP contribution < -0.4 is 4.90 Å². The molecule has 3 heterocycles. The molecule has 3 aromatic heterocycles. The van der Waals surface area contributed by atoms with Crippen molar-refractivity contribution in [1.82, 2.24) is 9.97 Å². The van der Waals surface area contributed by atoms with Crippen LogP contribution in [0.15, 0.2) is 59.2 Å². The summed E-state index contributed by atoms with van der Waals surface area (Å²) in [5.41, 5.74) is 1.65. The van der Waals surface area contributed by atoms with E-state index in [1.807, 2.05) is 36.4 Å². The third-order valence-corrected chi connectivity index (χ3v) is 6.40. The zero-order valence-electron chi connectivity index (χ0n) is 13.2. The Balaban J connectivity index is 1.76. The minimum atomic E-state index is -0.134. The SMILES string of the molecule is O=C(c1ccc(Cl)s1)N(Cc1ccccn1)c1nc2ccc(Br)cc2s1. The number of hydrogen-bond donors (Lipinski definition) is 0. The van der Waals surface area contributed by atoms with Gasteiger partial charge in [-0.15, -0.1) is 11.3 Å². The Morgan fingerprint density at radius 3 is 2.77 bits per heavy atom. The van der Waals surface area contributed by atoms with Crippen molar-refractivity contribution in [2.75, 3.05) is 4.90 Å². The Hall–Kier alpha value is -1.80. The summed E-state index contributed by atoms with van der Waals surface area (Å²) >= 11 is 12.2. The maximum Gasteiger partial charge on any atom is 0.270 e.